The van der Waals surface area contributed by atoms with E-state index in [9.17, 15) is 9.18 Å². The molecule has 2 aromatic rings. The molecule has 106 valence electrons. The number of nitrogens with zero attached hydrogens (tertiary/aromatic N) is 2. The molecule has 4 nitrogen and oxygen atoms in total. The fourth-order valence-electron chi connectivity index (χ4n) is 1.82. The summed E-state index contributed by atoms with van der Waals surface area (Å²) >= 11 is 1.46. The molecule has 2 rings (SSSR count). The first-order valence-electron chi connectivity index (χ1n) is 6.18. The highest BCUT2D eigenvalue weighted by molar-refractivity contribution is 7.13. The van der Waals surface area contributed by atoms with Crippen molar-refractivity contribution in [2.75, 3.05) is 11.4 Å². The number of hydrogen-bond donors (Lipinski definition) is 1. The number of anilines is 1. The Bertz CT molecular complexity index is 600. The molecule has 6 heteroatoms. The molecule has 0 fully saturated rings. The molecule has 0 amide bonds. The first-order valence-corrected chi connectivity index (χ1v) is 7.06. The number of carboxylic acid groups (broad SMARTS) is 1. The van der Waals surface area contributed by atoms with Crippen LogP contribution in [0.5, 0.6) is 0 Å². The van der Waals surface area contributed by atoms with E-state index in [2.05, 4.69) is 4.98 Å². The van der Waals surface area contributed by atoms with Gasteiger partial charge in [0.05, 0.1) is 12.1 Å². The summed E-state index contributed by atoms with van der Waals surface area (Å²) in [7, 11) is 0. The lowest BCUT2D eigenvalue weighted by Crippen LogP contribution is -2.25. The molecule has 0 unspecified atom stereocenters. The van der Waals surface area contributed by atoms with Crippen molar-refractivity contribution in [3.8, 4) is 0 Å². The van der Waals surface area contributed by atoms with Crippen molar-refractivity contribution < 1.29 is 14.3 Å². The summed E-state index contributed by atoms with van der Waals surface area (Å²) in [5.41, 5.74) is 1.69. The minimum atomic E-state index is -0.859. The van der Waals surface area contributed by atoms with Gasteiger partial charge in [0.15, 0.2) is 5.13 Å². The lowest BCUT2D eigenvalue weighted by Gasteiger charge is -2.21. The average Bonchev–Trinajstić information content (AvgIpc) is 2.81. The van der Waals surface area contributed by atoms with E-state index in [0.717, 1.165) is 16.4 Å². The number of hydrogen-bond acceptors (Lipinski definition) is 4. The van der Waals surface area contributed by atoms with Crippen LogP contribution in [-0.2, 0) is 11.3 Å². The monoisotopic (exact) mass is 294 g/mol. The molecule has 0 spiro atoms. The molecule has 1 N–H and O–H groups in total. The van der Waals surface area contributed by atoms with Crippen molar-refractivity contribution in [1.82, 2.24) is 4.98 Å². The topological polar surface area (TPSA) is 53.4 Å². The Kier molecular flexibility index (Phi) is 4.68. The largest absolute Gasteiger partial charge is 0.481 e. The first kappa shape index (κ1) is 14.5. The lowest BCUT2D eigenvalue weighted by molar-refractivity contribution is -0.136. The standard InChI is InChI=1S/C14H15FN2O2S/c1-10-9-20-14(16-10)17(6-5-13(18)19)8-11-3-2-4-12(15)7-11/h2-4,7,9H,5-6,8H2,1H3,(H,18,19). The Hall–Kier alpha value is -1.95. The van der Waals surface area contributed by atoms with Crippen molar-refractivity contribution in [2.45, 2.75) is 19.9 Å². The van der Waals surface area contributed by atoms with Gasteiger partial charge >= 0.3 is 5.97 Å². The van der Waals surface area contributed by atoms with Crippen LogP contribution in [0.1, 0.15) is 17.7 Å². The van der Waals surface area contributed by atoms with Crippen molar-refractivity contribution >= 4 is 22.4 Å². The van der Waals surface area contributed by atoms with Gasteiger partial charge in [-0.15, -0.1) is 11.3 Å². The van der Waals surface area contributed by atoms with Crippen LogP contribution in [0.25, 0.3) is 0 Å². The van der Waals surface area contributed by atoms with Gasteiger partial charge in [0.25, 0.3) is 0 Å². The first-order chi connectivity index (χ1) is 9.54. The Morgan fingerprint density at radius 2 is 2.30 bits per heavy atom. The maximum absolute atomic E-state index is 13.2. The van der Waals surface area contributed by atoms with Crippen LogP contribution in [-0.4, -0.2) is 22.6 Å². The molecule has 0 radical (unpaired) electrons. The second-order valence-corrected chi connectivity index (χ2v) is 5.30. The molecule has 1 aromatic carbocycles. The number of carboxylic acids is 1. The summed E-state index contributed by atoms with van der Waals surface area (Å²) in [4.78, 5) is 17.0. The highest BCUT2D eigenvalue weighted by Crippen LogP contribution is 2.22. The molecule has 0 saturated carbocycles. The lowest BCUT2D eigenvalue weighted by atomic mass is 10.2. The molecule has 0 bridgehead atoms. The summed E-state index contributed by atoms with van der Waals surface area (Å²) in [6.07, 6.45) is 0.0218. The smallest absolute Gasteiger partial charge is 0.305 e. The van der Waals surface area contributed by atoms with Crippen molar-refractivity contribution in [2.24, 2.45) is 0 Å². The van der Waals surface area contributed by atoms with Gasteiger partial charge in [-0.2, -0.15) is 0 Å². The number of thiazole rings is 1. The van der Waals surface area contributed by atoms with E-state index in [0.29, 0.717) is 13.1 Å². The number of carbonyl (C=O) groups is 1. The van der Waals surface area contributed by atoms with E-state index < -0.39 is 5.97 Å². The molecule has 0 aliphatic rings. The SMILES string of the molecule is Cc1csc(N(CCC(=O)O)Cc2cccc(F)c2)n1. The van der Waals surface area contributed by atoms with Crippen LogP contribution < -0.4 is 4.90 Å². The molecule has 20 heavy (non-hydrogen) atoms. The summed E-state index contributed by atoms with van der Waals surface area (Å²) < 4.78 is 13.2. The quantitative estimate of drug-likeness (QED) is 0.889. The summed E-state index contributed by atoms with van der Waals surface area (Å²) in [6, 6.07) is 6.30. The molecule has 0 atom stereocenters. The van der Waals surface area contributed by atoms with Crippen molar-refractivity contribution in [3.63, 3.8) is 0 Å². The van der Waals surface area contributed by atoms with Crippen LogP contribution in [0.15, 0.2) is 29.6 Å². The van der Waals surface area contributed by atoms with E-state index in [1.165, 1.54) is 23.5 Å². The highest BCUT2D eigenvalue weighted by Gasteiger charge is 2.13. The average molecular weight is 294 g/mol. The van der Waals surface area contributed by atoms with Gasteiger partial charge in [0.1, 0.15) is 5.82 Å². The van der Waals surface area contributed by atoms with Gasteiger partial charge < -0.3 is 10.0 Å². The van der Waals surface area contributed by atoms with Crippen LogP contribution in [0, 0.1) is 12.7 Å². The number of benzene rings is 1. The second-order valence-electron chi connectivity index (χ2n) is 4.47. The molecular formula is C14H15FN2O2S. The van der Waals surface area contributed by atoms with Gasteiger partial charge in [-0.3, -0.25) is 4.79 Å². The normalized spacial score (nSPS) is 10.5. The second kappa shape index (κ2) is 6.47. The summed E-state index contributed by atoms with van der Waals surface area (Å²) in [5, 5.41) is 11.5. The van der Waals surface area contributed by atoms with Crippen molar-refractivity contribution in [1.29, 1.82) is 0 Å². The van der Waals surface area contributed by atoms with Crippen molar-refractivity contribution in [3.05, 3.63) is 46.7 Å². The number of aryl methyl sites for hydroxylation is 1. The van der Waals surface area contributed by atoms with E-state index in [-0.39, 0.29) is 12.2 Å². The third-order valence-electron chi connectivity index (χ3n) is 2.74. The third-order valence-corrected chi connectivity index (χ3v) is 3.75. The molecule has 0 saturated heterocycles. The Balaban J connectivity index is 2.15. The molecule has 0 aliphatic carbocycles. The summed E-state index contributed by atoms with van der Waals surface area (Å²) in [6.45, 7) is 2.67. The highest BCUT2D eigenvalue weighted by atomic mass is 32.1. The van der Waals surface area contributed by atoms with E-state index >= 15 is 0 Å². The zero-order chi connectivity index (χ0) is 14.5. The van der Waals surface area contributed by atoms with Gasteiger partial charge in [0.2, 0.25) is 0 Å². The van der Waals surface area contributed by atoms with Crippen LogP contribution in [0.4, 0.5) is 9.52 Å². The van der Waals surface area contributed by atoms with Gasteiger partial charge in [-0.25, -0.2) is 9.37 Å². The molecular weight excluding hydrogens is 279 g/mol. The zero-order valence-electron chi connectivity index (χ0n) is 11.0. The molecule has 0 aliphatic heterocycles. The number of rotatable bonds is 6. The Morgan fingerprint density at radius 3 is 2.90 bits per heavy atom. The molecule has 1 heterocycles. The minimum absolute atomic E-state index is 0.0218. The fraction of sp³-hybridized carbons (Fsp3) is 0.286. The van der Waals surface area contributed by atoms with Gasteiger partial charge in [-0.1, -0.05) is 12.1 Å². The van der Waals surface area contributed by atoms with E-state index in [1.807, 2.05) is 23.3 Å². The predicted molar refractivity (Wildman–Crippen MR) is 76.6 cm³/mol. The Labute approximate surface area is 120 Å². The Morgan fingerprint density at radius 1 is 1.50 bits per heavy atom. The van der Waals surface area contributed by atoms with Crippen LogP contribution in [0.2, 0.25) is 0 Å². The maximum atomic E-state index is 13.2. The number of aromatic nitrogens is 1. The predicted octanol–water partition coefficient (Wildman–Crippen LogP) is 3.07. The van der Waals surface area contributed by atoms with E-state index in [4.69, 9.17) is 5.11 Å². The van der Waals surface area contributed by atoms with Crippen LogP contribution >= 0.6 is 11.3 Å². The maximum Gasteiger partial charge on any atom is 0.305 e. The molecule has 1 aromatic heterocycles. The van der Waals surface area contributed by atoms with Crippen LogP contribution in [0.3, 0.4) is 0 Å². The fourth-order valence-corrected chi connectivity index (χ4v) is 2.65. The minimum Gasteiger partial charge on any atom is -0.481 e. The summed E-state index contributed by atoms with van der Waals surface area (Å²) in [5.74, 6) is -1.15. The third kappa shape index (κ3) is 4.03. The van der Waals surface area contributed by atoms with E-state index in [1.54, 1.807) is 6.07 Å². The number of aliphatic carboxylic acids is 1. The zero-order valence-corrected chi connectivity index (χ0v) is 11.9. The number of halogens is 1. The van der Waals surface area contributed by atoms with Gasteiger partial charge in [-0.05, 0) is 24.6 Å². The van der Waals surface area contributed by atoms with Gasteiger partial charge in [0, 0.05) is 18.5 Å².